The van der Waals surface area contributed by atoms with Gasteiger partial charge in [-0.3, -0.25) is 23.7 Å². The van der Waals surface area contributed by atoms with Crippen LogP contribution in [0.1, 0.15) is 41.6 Å². The number of hydrogen-bond acceptors (Lipinski definition) is 8. The number of anilines is 2. The number of hydrogen-bond donors (Lipinski definition) is 1. The second-order valence-corrected chi connectivity index (χ2v) is 12.1. The molecule has 0 bridgehead atoms. The number of nitrogens with one attached hydrogen (secondary N) is 1. The predicted molar refractivity (Wildman–Crippen MR) is 149 cm³/mol. The van der Waals surface area contributed by atoms with E-state index in [9.17, 15) is 24.0 Å². The van der Waals surface area contributed by atoms with Crippen molar-refractivity contribution in [3.63, 3.8) is 0 Å². The molecular weight excluding hydrogens is 538 g/mol. The topological polar surface area (TPSA) is 115 Å². The lowest BCUT2D eigenvalue weighted by molar-refractivity contribution is -0.123. The van der Waals surface area contributed by atoms with Crippen LogP contribution in [0, 0.1) is 12.8 Å². The van der Waals surface area contributed by atoms with Gasteiger partial charge in [-0.1, -0.05) is 55.1 Å². The van der Waals surface area contributed by atoms with Gasteiger partial charge in [0.05, 0.1) is 28.8 Å². The van der Waals surface area contributed by atoms with Crippen molar-refractivity contribution in [2.24, 2.45) is 5.92 Å². The summed E-state index contributed by atoms with van der Waals surface area (Å²) in [5.41, 5.74) is 1.42. The van der Waals surface area contributed by atoms with Gasteiger partial charge in [-0.05, 0) is 49.7 Å². The van der Waals surface area contributed by atoms with Gasteiger partial charge in [-0.15, -0.1) is 0 Å². The quantitative estimate of drug-likeness (QED) is 0.355. The fourth-order valence-electron chi connectivity index (χ4n) is 5.03. The van der Waals surface area contributed by atoms with Gasteiger partial charge in [0.2, 0.25) is 17.7 Å². The van der Waals surface area contributed by atoms with Crippen molar-refractivity contribution in [3.8, 4) is 0 Å². The highest BCUT2D eigenvalue weighted by molar-refractivity contribution is 8.00. The number of esters is 1. The van der Waals surface area contributed by atoms with Crippen molar-refractivity contribution in [1.29, 1.82) is 0 Å². The Morgan fingerprint density at radius 3 is 2.38 bits per heavy atom. The van der Waals surface area contributed by atoms with Gasteiger partial charge in [-0.25, -0.2) is 9.69 Å². The number of para-hydroxylation sites is 1. The number of benzene rings is 2. The van der Waals surface area contributed by atoms with E-state index in [1.165, 1.54) is 16.7 Å². The fraction of sp³-hybridized carbons (Fsp3) is 0.321. The summed E-state index contributed by atoms with van der Waals surface area (Å²) < 4.78 is 6.40. The molecule has 2 aliphatic rings. The van der Waals surface area contributed by atoms with E-state index in [0.29, 0.717) is 26.8 Å². The first-order valence-corrected chi connectivity index (χ1v) is 14.2. The number of ether oxygens (including phenoxy) is 1. The first kappa shape index (κ1) is 26.9. The predicted octanol–water partition coefficient (Wildman–Crippen LogP) is 3.98. The van der Waals surface area contributed by atoms with Crippen LogP contribution in [0.3, 0.4) is 0 Å². The second-order valence-electron chi connectivity index (χ2n) is 9.97. The van der Waals surface area contributed by atoms with Crippen LogP contribution < -0.4 is 15.1 Å². The molecular formula is C28H27N3O6S2. The molecule has 1 fully saturated rings. The maximum absolute atomic E-state index is 13.7. The molecule has 3 aromatic rings. The Hall–Kier alpha value is -3.70. The Balaban J connectivity index is 1.43. The number of aromatic nitrogens is 1. The van der Waals surface area contributed by atoms with Gasteiger partial charge in [0.15, 0.2) is 0 Å². The van der Waals surface area contributed by atoms with Crippen LogP contribution in [-0.2, 0) is 31.1 Å². The van der Waals surface area contributed by atoms with Crippen LogP contribution in [0.4, 0.5) is 11.4 Å². The summed E-state index contributed by atoms with van der Waals surface area (Å²) in [6, 6.07) is 13.5. The Morgan fingerprint density at radius 2 is 1.72 bits per heavy atom. The number of carbonyl (C=O) groups is 4. The molecule has 1 saturated heterocycles. The van der Waals surface area contributed by atoms with Gasteiger partial charge in [-0.2, -0.15) is 0 Å². The summed E-state index contributed by atoms with van der Waals surface area (Å²) in [4.78, 5) is 66.7. The number of nitrogens with zero attached hydrogens (tertiary/aromatic N) is 2. The molecule has 2 aromatic carbocycles. The van der Waals surface area contributed by atoms with Gasteiger partial charge in [0, 0.05) is 16.0 Å². The maximum Gasteiger partial charge on any atom is 0.338 e. The van der Waals surface area contributed by atoms with E-state index in [0.717, 1.165) is 33.6 Å². The summed E-state index contributed by atoms with van der Waals surface area (Å²) in [6.45, 7) is 7.34. The zero-order chi connectivity index (χ0) is 28.1. The molecule has 0 radical (unpaired) electrons. The molecule has 1 aromatic heterocycles. The van der Waals surface area contributed by atoms with Crippen molar-refractivity contribution < 1.29 is 23.9 Å². The Labute approximate surface area is 233 Å². The van der Waals surface area contributed by atoms with Gasteiger partial charge in [0.1, 0.15) is 11.8 Å². The van der Waals surface area contributed by atoms with Crippen molar-refractivity contribution in [2.45, 2.75) is 49.9 Å². The summed E-state index contributed by atoms with van der Waals surface area (Å²) in [5, 5.41) is 2.63. The van der Waals surface area contributed by atoms with Gasteiger partial charge >= 0.3 is 10.8 Å². The zero-order valence-electron chi connectivity index (χ0n) is 21.8. The largest absolute Gasteiger partial charge is 0.462 e. The average Bonchev–Trinajstić information content (AvgIpc) is 3.34. The smallest absolute Gasteiger partial charge is 0.338 e. The van der Waals surface area contributed by atoms with E-state index >= 15 is 0 Å². The number of thiazole rings is 1. The number of imide groups is 1. The lowest BCUT2D eigenvalue weighted by Crippen LogP contribution is -2.42. The number of carbonyl (C=O) groups excluding carboxylic acids is 4. The summed E-state index contributed by atoms with van der Waals surface area (Å²) in [7, 11) is 0. The third-order valence-electron chi connectivity index (χ3n) is 7.06. The van der Waals surface area contributed by atoms with E-state index in [1.54, 1.807) is 25.1 Å². The third kappa shape index (κ3) is 4.59. The number of aryl methyl sites for hydroxylation is 1. The molecule has 0 aliphatic carbocycles. The summed E-state index contributed by atoms with van der Waals surface area (Å²) in [5.74, 6) is -2.29. The molecule has 3 heterocycles. The molecule has 2 unspecified atom stereocenters. The van der Waals surface area contributed by atoms with Crippen LogP contribution in [0.2, 0.25) is 0 Å². The van der Waals surface area contributed by atoms with Crippen LogP contribution in [0.5, 0.6) is 0 Å². The van der Waals surface area contributed by atoms with Crippen molar-refractivity contribution in [2.75, 3.05) is 16.8 Å². The SMILES string of the molecule is CCOC(=O)c1ccc(N2C(=O)C3Sc4c(sc(=O)n4CC(=O)Nc4ccccc4C)C(C)(C)C3C2=O)cc1. The molecule has 0 saturated carbocycles. The van der Waals surface area contributed by atoms with Crippen LogP contribution in [0.15, 0.2) is 58.4 Å². The number of fused-ring (bicyclic) bond motifs is 2. The van der Waals surface area contributed by atoms with E-state index < -0.39 is 28.5 Å². The lowest BCUT2D eigenvalue weighted by atomic mass is 9.76. The molecule has 9 nitrogen and oxygen atoms in total. The standard InChI is InChI=1S/C28H27N3O6S2/c1-5-37-26(35)16-10-12-17(13-11-16)31-23(33)20-21(24(31)34)38-25-22(28(20,3)4)39-27(36)30(25)14-19(32)29-18-9-7-6-8-15(18)2/h6-13,20-21H,5,14H2,1-4H3,(H,29,32). The highest BCUT2D eigenvalue weighted by Crippen LogP contribution is 2.54. The monoisotopic (exact) mass is 565 g/mol. The minimum Gasteiger partial charge on any atom is -0.462 e. The molecule has 2 atom stereocenters. The van der Waals surface area contributed by atoms with Crippen molar-refractivity contribution in [3.05, 3.63) is 74.2 Å². The maximum atomic E-state index is 13.7. The van der Waals surface area contributed by atoms with E-state index in [4.69, 9.17) is 4.74 Å². The molecule has 11 heteroatoms. The van der Waals surface area contributed by atoms with Crippen molar-refractivity contribution >= 4 is 58.2 Å². The molecule has 5 rings (SSSR count). The lowest BCUT2D eigenvalue weighted by Gasteiger charge is -2.36. The van der Waals surface area contributed by atoms with E-state index in [1.807, 2.05) is 39.0 Å². The molecule has 39 heavy (non-hydrogen) atoms. The Morgan fingerprint density at radius 1 is 1.03 bits per heavy atom. The van der Waals surface area contributed by atoms with Gasteiger partial charge in [0.25, 0.3) is 0 Å². The van der Waals surface area contributed by atoms with E-state index in [-0.39, 0.29) is 29.8 Å². The van der Waals surface area contributed by atoms with Crippen LogP contribution in [0.25, 0.3) is 0 Å². The summed E-state index contributed by atoms with van der Waals surface area (Å²) >= 11 is 2.17. The minimum atomic E-state index is -0.820. The normalized spacial score (nSPS) is 19.4. The molecule has 1 N–H and O–H groups in total. The summed E-state index contributed by atoms with van der Waals surface area (Å²) in [6.07, 6.45) is 0. The zero-order valence-corrected chi connectivity index (χ0v) is 23.5. The first-order valence-electron chi connectivity index (χ1n) is 12.5. The number of amides is 3. The molecule has 202 valence electrons. The van der Waals surface area contributed by atoms with Crippen LogP contribution in [-0.4, -0.2) is 40.1 Å². The molecule has 3 amide bonds. The first-order chi connectivity index (χ1) is 18.5. The van der Waals surface area contributed by atoms with Crippen molar-refractivity contribution in [1.82, 2.24) is 4.57 Å². The number of thioether (sulfide) groups is 1. The van der Waals surface area contributed by atoms with Gasteiger partial charge < -0.3 is 10.1 Å². The highest BCUT2D eigenvalue weighted by Gasteiger charge is 2.59. The second kappa shape index (κ2) is 10.1. The molecule has 0 spiro atoms. The minimum absolute atomic E-state index is 0.208. The Bertz CT molecular complexity index is 1560. The average molecular weight is 566 g/mol. The van der Waals surface area contributed by atoms with E-state index in [2.05, 4.69) is 5.32 Å². The number of rotatable bonds is 6. The highest BCUT2D eigenvalue weighted by atomic mass is 32.2. The fourth-order valence-corrected chi connectivity index (χ4v) is 8.07. The Kier molecular flexibility index (Phi) is 6.98. The third-order valence-corrected chi connectivity index (χ3v) is 9.88. The van der Waals surface area contributed by atoms with Crippen LogP contribution >= 0.6 is 23.1 Å². The molecule has 2 aliphatic heterocycles.